The van der Waals surface area contributed by atoms with Crippen molar-refractivity contribution >= 4 is 5.91 Å². The van der Waals surface area contributed by atoms with Crippen molar-refractivity contribution in [1.82, 2.24) is 5.32 Å². The highest BCUT2D eigenvalue weighted by Gasteiger charge is 2.10. The van der Waals surface area contributed by atoms with Gasteiger partial charge in [0.1, 0.15) is 0 Å². The molecule has 0 saturated heterocycles. The molecule has 96 valence electrons. The van der Waals surface area contributed by atoms with E-state index in [9.17, 15) is 4.79 Å². The largest absolute Gasteiger partial charge is 0.383 e. The van der Waals surface area contributed by atoms with Crippen molar-refractivity contribution < 1.29 is 14.3 Å². The second-order valence-corrected chi connectivity index (χ2v) is 3.66. The van der Waals surface area contributed by atoms with Crippen LogP contribution in [0.1, 0.15) is 26.2 Å². The number of rotatable bonds is 10. The second kappa shape index (κ2) is 10.9. The van der Waals surface area contributed by atoms with Crippen LogP contribution in [-0.2, 0) is 14.3 Å². The minimum Gasteiger partial charge on any atom is -0.383 e. The van der Waals surface area contributed by atoms with Gasteiger partial charge in [0.15, 0.2) is 0 Å². The van der Waals surface area contributed by atoms with Gasteiger partial charge < -0.3 is 20.5 Å². The lowest BCUT2D eigenvalue weighted by Crippen LogP contribution is -2.39. The fourth-order valence-electron chi connectivity index (χ4n) is 1.31. The first kappa shape index (κ1) is 15.3. The molecule has 0 aliphatic rings. The average Bonchev–Trinajstić information content (AvgIpc) is 2.25. The van der Waals surface area contributed by atoms with E-state index in [1.54, 1.807) is 7.11 Å². The van der Waals surface area contributed by atoms with Crippen LogP contribution >= 0.6 is 0 Å². The van der Waals surface area contributed by atoms with Crippen LogP contribution in [0, 0.1) is 0 Å². The first-order valence-electron chi connectivity index (χ1n) is 5.80. The van der Waals surface area contributed by atoms with Crippen LogP contribution < -0.4 is 11.1 Å². The fraction of sp³-hybridized carbons (Fsp3) is 0.909. The van der Waals surface area contributed by atoms with Crippen LogP contribution in [-0.4, -0.2) is 45.4 Å². The Morgan fingerprint density at radius 1 is 1.44 bits per heavy atom. The van der Waals surface area contributed by atoms with Gasteiger partial charge in [0, 0.05) is 20.1 Å². The molecule has 5 nitrogen and oxygen atoms in total. The third-order valence-electron chi connectivity index (χ3n) is 2.07. The lowest BCUT2D eigenvalue weighted by atomic mass is 10.2. The molecular weight excluding hydrogens is 208 g/mol. The molecule has 1 amide bonds. The Kier molecular flexibility index (Phi) is 10.4. The highest BCUT2D eigenvalue weighted by molar-refractivity contribution is 5.76. The summed E-state index contributed by atoms with van der Waals surface area (Å²) in [6.07, 6.45) is 2.10. The van der Waals surface area contributed by atoms with E-state index in [1.165, 1.54) is 0 Å². The molecule has 0 aromatic carbocycles. The minimum absolute atomic E-state index is 0.00777. The van der Waals surface area contributed by atoms with Crippen LogP contribution in [0.25, 0.3) is 0 Å². The summed E-state index contributed by atoms with van der Waals surface area (Å²) in [5.74, 6) is -0.00777. The molecule has 0 radical (unpaired) electrons. The molecule has 0 rings (SSSR count). The first-order chi connectivity index (χ1) is 7.74. The SMILES string of the molecule is CCCOCCC(=O)NC(CCN)COC. The van der Waals surface area contributed by atoms with Crippen molar-refractivity contribution in [2.75, 3.05) is 33.5 Å². The molecule has 0 aliphatic carbocycles. The van der Waals surface area contributed by atoms with Crippen LogP contribution in [0.3, 0.4) is 0 Å². The highest BCUT2D eigenvalue weighted by Crippen LogP contribution is 1.93. The van der Waals surface area contributed by atoms with Crippen molar-refractivity contribution in [2.24, 2.45) is 5.73 Å². The van der Waals surface area contributed by atoms with Crippen LogP contribution in [0.5, 0.6) is 0 Å². The zero-order valence-electron chi connectivity index (χ0n) is 10.3. The van der Waals surface area contributed by atoms with Gasteiger partial charge in [-0.25, -0.2) is 0 Å². The Labute approximate surface area is 97.7 Å². The van der Waals surface area contributed by atoms with Gasteiger partial charge in [-0.05, 0) is 19.4 Å². The molecule has 0 aromatic rings. The van der Waals surface area contributed by atoms with Gasteiger partial charge in [0.05, 0.1) is 19.3 Å². The van der Waals surface area contributed by atoms with Gasteiger partial charge in [-0.3, -0.25) is 4.79 Å². The number of hydrogen-bond donors (Lipinski definition) is 2. The minimum atomic E-state index is -0.00777. The van der Waals surface area contributed by atoms with Crippen molar-refractivity contribution in [1.29, 1.82) is 0 Å². The van der Waals surface area contributed by atoms with Crippen molar-refractivity contribution in [3.05, 3.63) is 0 Å². The molecule has 0 spiro atoms. The van der Waals surface area contributed by atoms with Gasteiger partial charge in [-0.2, -0.15) is 0 Å². The monoisotopic (exact) mass is 232 g/mol. The van der Waals surface area contributed by atoms with Crippen LogP contribution in [0.4, 0.5) is 0 Å². The van der Waals surface area contributed by atoms with Crippen LogP contribution in [0.2, 0.25) is 0 Å². The molecule has 0 fully saturated rings. The molecule has 5 heteroatoms. The number of nitrogens with one attached hydrogen (secondary N) is 1. The molecule has 0 aromatic heterocycles. The fourth-order valence-corrected chi connectivity index (χ4v) is 1.31. The van der Waals surface area contributed by atoms with Crippen LogP contribution in [0.15, 0.2) is 0 Å². The van der Waals surface area contributed by atoms with Gasteiger partial charge in [-0.1, -0.05) is 6.92 Å². The lowest BCUT2D eigenvalue weighted by Gasteiger charge is -2.16. The third-order valence-corrected chi connectivity index (χ3v) is 2.07. The number of carbonyl (C=O) groups excluding carboxylic acids is 1. The molecule has 16 heavy (non-hydrogen) atoms. The zero-order valence-corrected chi connectivity index (χ0v) is 10.3. The molecule has 1 unspecified atom stereocenters. The summed E-state index contributed by atoms with van der Waals surface area (Å²) in [7, 11) is 1.61. The summed E-state index contributed by atoms with van der Waals surface area (Å²) in [6.45, 7) is 4.26. The van der Waals surface area contributed by atoms with Gasteiger partial charge in [0.2, 0.25) is 5.91 Å². The maximum Gasteiger partial charge on any atom is 0.222 e. The Hall–Kier alpha value is -0.650. The normalized spacial score (nSPS) is 12.4. The number of nitrogens with two attached hydrogens (primary N) is 1. The molecule has 3 N–H and O–H groups in total. The summed E-state index contributed by atoms with van der Waals surface area (Å²) >= 11 is 0. The standard InChI is InChI=1S/C11H24N2O3/c1-3-7-16-8-5-11(14)13-10(4-6-12)9-15-2/h10H,3-9,12H2,1-2H3,(H,13,14). The van der Waals surface area contributed by atoms with Crippen molar-refractivity contribution in [3.63, 3.8) is 0 Å². The molecule has 0 heterocycles. The van der Waals surface area contributed by atoms with Crippen molar-refractivity contribution in [2.45, 2.75) is 32.2 Å². The topological polar surface area (TPSA) is 73.6 Å². The van der Waals surface area contributed by atoms with Gasteiger partial charge in [-0.15, -0.1) is 0 Å². The number of ether oxygens (including phenoxy) is 2. The zero-order chi connectivity index (χ0) is 12.2. The van der Waals surface area contributed by atoms with E-state index in [4.69, 9.17) is 15.2 Å². The third kappa shape index (κ3) is 8.64. The average molecular weight is 232 g/mol. The van der Waals surface area contributed by atoms with E-state index < -0.39 is 0 Å². The Balaban J connectivity index is 3.63. The quantitative estimate of drug-likeness (QED) is 0.531. The second-order valence-electron chi connectivity index (χ2n) is 3.66. The molecule has 1 atom stereocenters. The molecular formula is C11H24N2O3. The number of amides is 1. The van der Waals surface area contributed by atoms with E-state index in [1.807, 2.05) is 6.92 Å². The van der Waals surface area contributed by atoms with E-state index in [0.717, 1.165) is 12.8 Å². The Morgan fingerprint density at radius 2 is 2.19 bits per heavy atom. The maximum absolute atomic E-state index is 11.5. The summed E-state index contributed by atoms with van der Waals surface area (Å²) in [6, 6.07) is 0.00803. The lowest BCUT2D eigenvalue weighted by molar-refractivity contribution is -0.123. The maximum atomic E-state index is 11.5. The van der Waals surface area contributed by atoms with E-state index >= 15 is 0 Å². The van der Waals surface area contributed by atoms with Gasteiger partial charge in [0.25, 0.3) is 0 Å². The molecule has 0 aliphatic heterocycles. The highest BCUT2D eigenvalue weighted by atomic mass is 16.5. The predicted octanol–water partition coefficient (Wildman–Crippen LogP) is 0.283. The number of hydrogen-bond acceptors (Lipinski definition) is 4. The summed E-state index contributed by atoms with van der Waals surface area (Å²) in [4.78, 5) is 11.5. The number of carbonyl (C=O) groups is 1. The summed E-state index contributed by atoms with van der Waals surface area (Å²) in [5.41, 5.74) is 5.44. The first-order valence-corrected chi connectivity index (χ1v) is 5.80. The Bertz CT molecular complexity index is 171. The van der Waals surface area contributed by atoms with E-state index in [2.05, 4.69) is 5.32 Å². The summed E-state index contributed by atoms with van der Waals surface area (Å²) < 4.78 is 10.2. The van der Waals surface area contributed by atoms with Gasteiger partial charge >= 0.3 is 0 Å². The van der Waals surface area contributed by atoms with E-state index in [0.29, 0.717) is 32.8 Å². The predicted molar refractivity (Wildman–Crippen MR) is 63.2 cm³/mol. The molecule has 0 bridgehead atoms. The molecule has 0 saturated carbocycles. The summed E-state index contributed by atoms with van der Waals surface area (Å²) in [5, 5.41) is 2.87. The van der Waals surface area contributed by atoms with E-state index in [-0.39, 0.29) is 11.9 Å². The smallest absolute Gasteiger partial charge is 0.222 e. The Morgan fingerprint density at radius 3 is 2.75 bits per heavy atom. The van der Waals surface area contributed by atoms with Crippen molar-refractivity contribution in [3.8, 4) is 0 Å². The number of methoxy groups -OCH3 is 1.